The molecule has 0 heterocycles. The van der Waals surface area contributed by atoms with Gasteiger partial charge in [0.25, 0.3) is 0 Å². The highest BCUT2D eigenvalue weighted by Crippen LogP contribution is 2.66. The lowest BCUT2D eigenvalue weighted by molar-refractivity contribution is -0.110. The van der Waals surface area contributed by atoms with Crippen LogP contribution in [0.1, 0.15) is 46.5 Å². The van der Waals surface area contributed by atoms with Crippen LogP contribution in [-0.2, 0) is 9.53 Å². The molecule has 0 aliphatic heterocycles. The van der Waals surface area contributed by atoms with Gasteiger partial charge in [0.15, 0.2) is 5.78 Å². The van der Waals surface area contributed by atoms with Crippen molar-refractivity contribution in [2.24, 2.45) is 28.6 Å². The molecule has 6 atom stereocenters. The molecule has 4 aliphatic rings. The van der Waals surface area contributed by atoms with Crippen molar-refractivity contribution in [2.45, 2.75) is 52.1 Å². The van der Waals surface area contributed by atoms with Gasteiger partial charge in [0.1, 0.15) is 11.4 Å². The van der Waals surface area contributed by atoms with E-state index >= 15 is 0 Å². The van der Waals surface area contributed by atoms with Crippen LogP contribution in [0.2, 0.25) is 0 Å². The fraction of sp³-hybridized carbons (Fsp3) is 0.609. The van der Waals surface area contributed by atoms with Crippen LogP contribution in [0.4, 0.5) is 0 Å². The summed E-state index contributed by atoms with van der Waals surface area (Å²) in [6.07, 6.45) is 11.6. The molecule has 4 aliphatic carbocycles. The molecule has 0 bridgehead atoms. The van der Waals surface area contributed by atoms with Gasteiger partial charge in [-0.05, 0) is 68.1 Å². The number of allylic oxidation sites excluding steroid dienone is 6. The Hall–Kier alpha value is -1.61. The van der Waals surface area contributed by atoms with E-state index in [4.69, 9.17) is 4.74 Å². The Morgan fingerprint density at radius 3 is 2.77 bits per heavy atom. The van der Waals surface area contributed by atoms with Crippen molar-refractivity contribution in [3.05, 3.63) is 47.8 Å². The van der Waals surface area contributed by atoms with Crippen molar-refractivity contribution in [3.63, 3.8) is 0 Å². The van der Waals surface area contributed by atoms with Gasteiger partial charge in [0, 0.05) is 10.8 Å². The minimum Gasteiger partial charge on any atom is -0.499 e. The van der Waals surface area contributed by atoms with Crippen LogP contribution in [0.25, 0.3) is 0 Å². The third kappa shape index (κ3) is 2.01. The van der Waals surface area contributed by atoms with Gasteiger partial charge in [-0.15, -0.1) is 0 Å². The van der Waals surface area contributed by atoms with Crippen molar-refractivity contribution in [1.29, 1.82) is 0 Å². The molecule has 2 fully saturated rings. The molecule has 26 heavy (non-hydrogen) atoms. The molecule has 0 spiro atoms. The van der Waals surface area contributed by atoms with Crippen molar-refractivity contribution in [2.75, 3.05) is 7.11 Å². The average molecular weight is 354 g/mol. The maximum atomic E-state index is 12.0. The number of fused-ring (bicyclic) bond motifs is 5. The Balaban J connectivity index is 1.80. The van der Waals surface area contributed by atoms with Crippen LogP contribution in [0.5, 0.6) is 0 Å². The van der Waals surface area contributed by atoms with Crippen LogP contribution < -0.4 is 0 Å². The van der Waals surface area contributed by atoms with E-state index in [1.165, 1.54) is 11.1 Å². The van der Waals surface area contributed by atoms with Crippen LogP contribution in [0, 0.1) is 28.6 Å². The van der Waals surface area contributed by atoms with E-state index in [-0.39, 0.29) is 16.6 Å². The Bertz CT molecular complexity index is 772. The summed E-state index contributed by atoms with van der Waals surface area (Å²) in [5.41, 5.74) is 1.33. The molecule has 0 aromatic carbocycles. The van der Waals surface area contributed by atoms with Crippen LogP contribution in [-0.4, -0.2) is 23.6 Å². The lowest BCUT2D eigenvalue weighted by atomic mass is 9.50. The van der Waals surface area contributed by atoms with E-state index in [0.29, 0.717) is 29.9 Å². The third-order valence-corrected chi connectivity index (χ3v) is 8.14. The zero-order valence-corrected chi connectivity index (χ0v) is 16.3. The SMILES string of the molecule is C=C(OC)[C@@]1(O)CC[C@H]2[C@@H]3CC(C)C4=CC(=O)C=C[C@]4(C)C3=CC[C@@]21C. The van der Waals surface area contributed by atoms with Crippen molar-refractivity contribution >= 4 is 5.78 Å². The highest BCUT2D eigenvalue weighted by Gasteiger charge is 2.63. The smallest absolute Gasteiger partial charge is 0.178 e. The average Bonchev–Trinajstić information content (AvgIpc) is 2.88. The maximum absolute atomic E-state index is 12.0. The Labute approximate surface area is 156 Å². The summed E-state index contributed by atoms with van der Waals surface area (Å²) in [6.45, 7) is 10.7. The molecule has 0 radical (unpaired) electrons. The van der Waals surface area contributed by atoms with Gasteiger partial charge < -0.3 is 9.84 Å². The van der Waals surface area contributed by atoms with E-state index in [0.717, 1.165) is 19.3 Å². The van der Waals surface area contributed by atoms with Crippen molar-refractivity contribution in [1.82, 2.24) is 0 Å². The zero-order valence-electron chi connectivity index (χ0n) is 16.3. The van der Waals surface area contributed by atoms with Gasteiger partial charge in [0.05, 0.1) is 7.11 Å². The fourth-order valence-electron chi connectivity index (χ4n) is 6.57. The molecule has 4 rings (SSSR count). The molecule has 1 unspecified atom stereocenters. The van der Waals surface area contributed by atoms with E-state index in [9.17, 15) is 9.90 Å². The molecule has 3 nitrogen and oxygen atoms in total. The number of ether oxygens (including phenoxy) is 1. The predicted octanol–water partition coefficient (Wildman–Crippen LogP) is 4.35. The van der Waals surface area contributed by atoms with E-state index < -0.39 is 5.60 Å². The summed E-state index contributed by atoms with van der Waals surface area (Å²) in [7, 11) is 1.60. The first-order valence-electron chi connectivity index (χ1n) is 9.79. The molecular weight excluding hydrogens is 324 g/mol. The molecule has 3 heteroatoms. The summed E-state index contributed by atoms with van der Waals surface area (Å²) in [5, 5.41) is 11.5. The Morgan fingerprint density at radius 1 is 1.35 bits per heavy atom. The van der Waals surface area contributed by atoms with Crippen LogP contribution in [0.15, 0.2) is 47.8 Å². The van der Waals surface area contributed by atoms with Gasteiger partial charge in [-0.2, -0.15) is 0 Å². The molecule has 0 saturated heterocycles. The van der Waals surface area contributed by atoms with Gasteiger partial charge >= 0.3 is 0 Å². The second-order valence-electron chi connectivity index (χ2n) is 9.19. The number of carbonyl (C=O) groups excluding carboxylic acids is 1. The number of methoxy groups -OCH3 is 1. The molecule has 0 amide bonds. The molecule has 140 valence electrons. The third-order valence-electron chi connectivity index (χ3n) is 8.14. The topological polar surface area (TPSA) is 46.5 Å². The van der Waals surface area contributed by atoms with Gasteiger partial charge in [-0.3, -0.25) is 4.79 Å². The summed E-state index contributed by atoms with van der Waals surface area (Å²) in [4.78, 5) is 12.0. The first-order chi connectivity index (χ1) is 12.2. The summed E-state index contributed by atoms with van der Waals surface area (Å²) < 4.78 is 5.40. The number of carbonyl (C=O) groups is 1. The lowest BCUT2D eigenvalue weighted by Gasteiger charge is -2.55. The normalized spacial score (nSPS) is 46.7. The largest absolute Gasteiger partial charge is 0.499 e. The number of aliphatic hydroxyl groups is 1. The fourth-order valence-corrected chi connectivity index (χ4v) is 6.57. The van der Waals surface area contributed by atoms with Crippen molar-refractivity contribution < 1.29 is 14.6 Å². The van der Waals surface area contributed by atoms with Crippen molar-refractivity contribution in [3.8, 4) is 0 Å². The number of hydrogen-bond donors (Lipinski definition) is 1. The highest BCUT2D eigenvalue weighted by molar-refractivity contribution is 6.01. The summed E-state index contributed by atoms with van der Waals surface area (Å²) in [6, 6.07) is 0. The Morgan fingerprint density at radius 2 is 2.08 bits per heavy atom. The lowest BCUT2D eigenvalue weighted by Crippen LogP contribution is -2.52. The first kappa shape index (κ1) is 17.8. The van der Waals surface area contributed by atoms with Crippen LogP contribution >= 0.6 is 0 Å². The standard InChI is InChI=1S/C23H30O3/c1-14-12-17-18(21(3)9-6-16(24)13-20(14)21)7-10-22(4)19(17)8-11-23(22,25)15(2)26-5/h6-7,9,13-14,17,19,25H,2,8,10-12H2,1,3-5H3/t14?,17-,19+,21-,22+,23+/m1/s1. The highest BCUT2D eigenvalue weighted by atomic mass is 16.5. The second-order valence-corrected chi connectivity index (χ2v) is 9.19. The van der Waals surface area contributed by atoms with Gasteiger partial charge in [-0.1, -0.05) is 38.2 Å². The number of ketones is 1. The monoisotopic (exact) mass is 354 g/mol. The molecular formula is C23H30O3. The number of rotatable bonds is 2. The first-order valence-corrected chi connectivity index (χ1v) is 9.79. The van der Waals surface area contributed by atoms with Gasteiger partial charge in [0.2, 0.25) is 0 Å². The summed E-state index contributed by atoms with van der Waals surface area (Å²) >= 11 is 0. The second kappa shape index (κ2) is 5.45. The van der Waals surface area contributed by atoms with Crippen LogP contribution in [0.3, 0.4) is 0 Å². The minimum atomic E-state index is -0.965. The quantitative estimate of drug-likeness (QED) is 0.592. The summed E-state index contributed by atoms with van der Waals surface area (Å²) in [5.74, 6) is 1.82. The molecule has 0 aromatic heterocycles. The van der Waals surface area contributed by atoms with E-state index in [2.05, 4.69) is 39.5 Å². The van der Waals surface area contributed by atoms with E-state index in [1.807, 2.05) is 6.08 Å². The predicted molar refractivity (Wildman–Crippen MR) is 102 cm³/mol. The van der Waals surface area contributed by atoms with Gasteiger partial charge in [-0.25, -0.2) is 0 Å². The molecule has 0 aromatic rings. The zero-order chi connectivity index (χ0) is 18.9. The minimum absolute atomic E-state index is 0.107. The maximum Gasteiger partial charge on any atom is 0.178 e. The molecule has 2 saturated carbocycles. The van der Waals surface area contributed by atoms with E-state index in [1.54, 1.807) is 13.2 Å². The molecule has 1 N–H and O–H groups in total. The number of hydrogen-bond acceptors (Lipinski definition) is 3. The Kier molecular flexibility index (Phi) is 3.73.